The molecule has 0 aliphatic carbocycles. The third-order valence-electron chi connectivity index (χ3n) is 3.20. The highest BCUT2D eigenvalue weighted by atomic mass is 35.5. The van der Waals surface area contributed by atoms with Crippen LogP contribution in [0.3, 0.4) is 0 Å². The first-order valence-electron chi connectivity index (χ1n) is 6.65. The summed E-state index contributed by atoms with van der Waals surface area (Å²) in [7, 11) is 1.51. The van der Waals surface area contributed by atoms with Crippen LogP contribution in [-0.4, -0.2) is 49.1 Å². The second-order valence-electron chi connectivity index (χ2n) is 4.37. The lowest BCUT2D eigenvalue weighted by Gasteiger charge is -2.23. The summed E-state index contributed by atoms with van der Waals surface area (Å²) in [6, 6.07) is 4.90. The van der Waals surface area contributed by atoms with E-state index < -0.39 is 0 Å². The number of likely N-dealkylation sites (N-methyl/N-ethyl adjacent to an activating group) is 1. The van der Waals surface area contributed by atoms with Crippen LogP contribution in [0.2, 0.25) is 5.02 Å². The van der Waals surface area contributed by atoms with E-state index in [0.717, 1.165) is 19.6 Å². The van der Waals surface area contributed by atoms with Crippen LogP contribution in [0, 0.1) is 0 Å². The number of carbonyl (C=O) groups excluding carboxylic acids is 1. The highest BCUT2D eigenvalue weighted by Crippen LogP contribution is 2.23. The fraction of sp³-hybridized carbons (Fsp3) is 0.500. The molecule has 1 rings (SSSR count). The Labute approximate surface area is 125 Å². The van der Waals surface area contributed by atoms with Crippen LogP contribution in [0.5, 0.6) is 5.75 Å². The minimum absolute atomic E-state index is 0.295. The molecular formula is C14H22ClN3O2. The molecule has 1 amide bonds. The topological polar surface area (TPSA) is 58.8 Å². The molecule has 5 nitrogen and oxygen atoms in total. The van der Waals surface area contributed by atoms with E-state index in [9.17, 15) is 4.79 Å². The van der Waals surface area contributed by atoms with Crippen LogP contribution in [-0.2, 0) is 0 Å². The first-order valence-corrected chi connectivity index (χ1v) is 7.03. The molecule has 0 aliphatic rings. The molecule has 6 heteroatoms. The van der Waals surface area contributed by atoms with Crippen molar-refractivity contribution < 1.29 is 9.53 Å². The number of hydrazine groups is 1. The Balaban J connectivity index is 2.76. The Morgan fingerprint density at radius 3 is 2.50 bits per heavy atom. The van der Waals surface area contributed by atoms with Gasteiger partial charge >= 0.3 is 0 Å². The van der Waals surface area contributed by atoms with Crippen LogP contribution in [0.4, 0.5) is 0 Å². The van der Waals surface area contributed by atoms with Gasteiger partial charge in [0.1, 0.15) is 5.75 Å². The Hall–Kier alpha value is -1.30. The number of nitrogens with two attached hydrogens (primary N) is 1. The second-order valence-corrected chi connectivity index (χ2v) is 4.81. The molecule has 0 saturated carbocycles. The number of carbonyl (C=O) groups is 1. The number of methoxy groups -OCH3 is 1. The monoisotopic (exact) mass is 299 g/mol. The lowest BCUT2D eigenvalue weighted by molar-refractivity contribution is 0.0734. The average molecular weight is 300 g/mol. The molecule has 1 aromatic carbocycles. The molecule has 0 unspecified atom stereocenters. The summed E-state index contributed by atoms with van der Waals surface area (Å²) in [5, 5.41) is 1.68. The van der Waals surface area contributed by atoms with Crippen molar-refractivity contribution in [1.82, 2.24) is 9.91 Å². The number of benzene rings is 1. The summed E-state index contributed by atoms with van der Waals surface area (Å²) >= 11 is 5.92. The van der Waals surface area contributed by atoms with E-state index in [2.05, 4.69) is 18.7 Å². The van der Waals surface area contributed by atoms with Gasteiger partial charge < -0.3 is 9.64 Å². The van der Waals surface area contributed by atoms with Crippen LogP contribution in [0.25, 0.3) is 0 Å². The zero-order valence-corrected chi connectivity index (χ0v) is 13.0. The van der Waals surface area contributed by atoms with Gasteiger partial charge in [0.2, 0.25) is 0 Å². The number of hydrogen-bond donors (Lipinski definition) is 1. The lowest BCUT2D eigenvalue weighted by atomic mass is 10.2. The van der Waals surface area contributed by atoms with Gasteiger partial charge in [0.05, 0.1) is 19.2 Å². The zero-order valence-electron chi connectivity index (χ0n) is 12.2. The van der Waals surface area contributed by atoms with Gasteiger partial charge in [-0.25, -0.2) is 5.84 Å². The molecule has 0 radical (unpaired) electrons. The minimum atomic E-state index is -0.295. The summed E-state index contributed by atoms with van der Waals surface area (Å²) in [5.41, 5.74) is 0.377. The standard InChI is InChI=1S/C14H22ClN3O2/c1-4-17(5-2)8-9-18(16)14(19)12-10-11(15)6-7-13(12)20-3/h6-7,10H,4-5,8-9,16H2,1-3H3. The third kappa shape index (κ3) is 4.37. The summed E-state index contributed by atoms with van der Waals surface area (Å²) in [4.78, 5) is 14.5. The average Bonchev–Trinajstić information content (AvgIpc) is 2.47. The molecule has 0 spiro atoms. The first kappa shape index (κ1) is 16.8. The molecule has 1 aromatic rings. The van der Waals surface area contributed by atoms with Gasteiger partial charge in [-0.05, 0) is 31.3 Å². The number of halogens is 1. The van der Waals surface area contributed by atoms with E-state index in [1.54, 1.807) is 18.2 Å². The molecule has 0 atom stereocenters. The molecule has 0 fully saturated rings. The maximum absolute atomic E-state index is 12.3. The van der Waals surface area contributed by atoms with Crippen molar-refractivity contribution in [3.8, 4) is 5.75 Å². The van der Waals surface area contributed by atoms with Crippen molar-refractivity contribution in [2.45, 2.75) is 13.8 Å². The molecule has 0 aromatic heterocycles. The van der Waals surface area contributed by atoms with Crippen LogP contribution >= 0.6 is 11.6 Å². The maximum Gasteiger partial charge on any atom is 0.271 e. The number of rotatable bonds is 7. The number of ether oxygens (including phenoxy) is 1. The molecule has 0 bridgehead atoms. The normalized spacial score (nSPS) is 10.7. The van der Waals surface area contributed by atoms with E-state index in [0.29, 0.717) is 22.9 Å². The number of hydrogen-bond acceptors (Lipinski definition) is 4. The van der Waals surface area contributed by atoms with Gasteiger partial charge in [0, 0.05) is 11.6 Å². The Kier molecular flexibility index (Phi) is 6.78. The van der Waals surface area contributed by atoms with E-state index in [1.807, 2.05) is 0 Å². The van der Waals surface area contributed by atoms with Crippen molar-refractivity contribution in [2.24, 2.45) is 5.84 Å². The Morgan fingerprint density at radius 1 is 1.30 bits per heavy atom. The predicted molar refractivity (Wildman–Crippen MR) is 81.0 cm³/mol. The van der Waals surface area contributed by atoms with Crippen LogP contribution < -0.4 is 10.6 Å². The summed E-state index contributed by atoms with van der Waals surface area (Å²) < 4.78 is 5.17. The van der Waals surface area contributed by atoms with Gasteiger partial charge in [-0.3, -0.25) is 9.80 Å². The number of nitrogens with zero attached hydrogens (tertiary/aromatic N) is 2. The lowest BCUT2D eigenvalue weighted by Crippen LogP contribution is -2.43. The van der Waals surface area contributed by atoms with Crippen LogP contribution in [0.1, 0.15) is 24.2 Å². The molecule has 112 valence electrons. The largest absolute Gasteiger partial charge is 0.496 e. The van der Waals surface area contributed by atoms with Crippen molar-refractivity contribution in [3.05, 3.63) is 28.8 Å². The van der Waals surface area contributed by atoms with E-state index in [1.165, 1.54) is 12.1 Å². The molecule has 0 saturated heterocycles. The maximum atomic E-state index is 12.3. The second kappa shape index (κ2) is 8.09. The van der Waals surface area contributed by atoms with Crippen LogP contribution in [0.15, 0.2) is 18.2 Å². The van der Waals surface area contributed by atoms with E-state index >= 15 is 0 Å². The Morgan fingerprint density at radius 2 is 1.95 bits per heavy atom. The zero-order chi connectivity index (χ0) is 15.1. The first-order chi connectivity index (χ1) is 9.53. The molecule has 20 heavy (non-hydrogen) atoms. The predicted octanol–water partition coefficient (Wildman–Crippen LogP) is 2.01. The fourth-order valence-corrected chi connectivity index (χ4v) is 2.06. The Bertz CT molecular complexity index is 450. The van der Waals surface area contributed by atoms with E-state index in [4.69, 9.17) is 22.2 Å². The summed E-state index contributed by atoms with van der Waals surface area (Å²) in [5.74, 6) is 6.01. The molecule has 0 heterocycles. The highest BCUT2D eigenvalue weighted by Gasteiger charge is 2.18. The van der Waals surface area contributed by atoms with E-state index in [-0.39, 0.29) is 5.91 Å². The number of amides is 1. The minimum Gasteiger partial charge on any atom is -0.496 e. The molecule has 2 N–H and O–H groups in total. The SMILES string of the molecule is CCN(CC)CCN(N)C(=O)c1cc(Cl)ccc1OC. The summed E-state index contributed by atoms with van der Waals surface area (Å²) in [6.07, 6.45) is 0. The molecular weight excluding hydrogens is 278 g/mol. The van der Waals surface area contributed by atoms with Gasteiger partial charge in [-0.2, -0.15) is 0 Å². The highest BCUT2D eigenvalue weighted by molar-refractivity contribution is 6.31. The van der Waals surface area contributed by atoms with Crippen molar-refractivity contribution in [3.63, 3.8) is 0 Å². The smallest absolute Gasteiger partial charge is 0.271 e. The quantitative estimate of drug-likeness (QED) is 0.475. The van der Waals surface area contributed by atoms with Crippen molar-refractivity contribution in [1.29, 1.82) is 0 Å². The fourth-order valence-electron chi connectivity index (χ4n) is 1.89. The van der Waals surface area contributed by atoms with Gasteiger partial charge in [-0.15, -0.1) is 0 Å². The van der Waals surface area contributed by atoms with Gasteiger partial charge in [0.25, 0.3) is 5.91 Å². The van der Waals surface area contributed by atoms with Crippen molar-refractivity contribution >= 4 is 17.5 Å². The van der Waals surface area contributed by atoms with Crippen molar-refractivity contribution in [2.75, 3.05) is 33.3 Å². The summed E-state index contributed by atoms with van der Waals surface area (Å²) in [6.45, 7) is 7.20. The van der Waals surface area contributed by atoms with Gasteiger partial charge in [-0.1, -0.05) is 25.4 Å². The van der Waals surface area contributed by atoms with Gasteiger partial charge in [0.15, 0.2) is 0 Å². The molecule has 0 aliphatic heterocycles. The third-order valence-corrected chi connectivity index (χ3v) is 3.44.